The van der Waals surface area contributed by atoms with Gasteiger partial charge in [0.15, 0.2) is 5.11 Å². The Balaban J connectivity index is 2.44. The standard InChI is InChI=1S/C12H25N3OS/c1-9-6-15(7-11(9)14(3)4)12(17)13-10(2)8-16-5/h9-11H,6-8H2,1-5H3,(H,13,17). The molecule has 0 saturated carbocycles. The molecule has 100 valence electrons. The molecule has 1 heterocycles. The van der Waals surface area contributed by atoms with Gasteiger partial charge in [-0.2, -0.15) is 0 Å². The molecule has 0 aromatic carbocycles. The summed E-state index contributed by atoms with van der Waals surface area (Å²) in [4.78, 5) is 4.54. The lowest BCUT2D eigenvalue weighted by Crippen LogP contribution is -2.45. The summed E-state index contributed by atoms with van der Waals surface area (Å²) < 4.78 is 5.10. The van der Waals surface area contributed by atoms with Gasteiger partial charge in [0.25, 0.3) is 0 Å². The number of nitrogens with zero attached hydrogens (tertiary/aromatic N) is 2. The monoisotopic (exact) mass is 259 g/mol. The van der Waals surface area contributed by atoms with Gasteiger partial charge in [0.2, 0.25) is 0 Å². The Kier molecular flexibility index (Phi) is 5.62. The van der Waals surface area contributed by atoms with Crippen LogP contribution < -0.4 is 5.32 Å². The lowest BCUT2D eigenvalue weighted by molar-refractivity contribution is 0.178. The maximum absolute atomic E-state index is 5.44. The van der Waals surface area contributed by atoms with Crippen LogP contribution in [0.25, 0.3) is 0 Å². The second kappa shape index (κ2) is 6.52. The summed E-state index contributed by atoms with van der Waals surface area (Å²) in [6.45, 7) is 7.10. The Labute approximate surface area is 110 Å². The number of ether oxygens (including phenoxy) is 1. The van der Waals surface area contributed by atoms with Crippen LogP contribution in [0.3, 0.4) is 0 Å². The Morgan fingerprint density at radius 2 is 2.18 bits per heavy atom. The minimum Gasteiger partial charge on any atom is -0.383 e. The lowest BCUT2D eigenvalue weighted by Gasteiger charge is -2.25. The fraction of sp³-hybridized carbons (Fsp3) is 0.917. The molecule has 0 spiro atoms. The first kappa shape index (κ1) is 14.7. The first-order valence-corrected chi connectivity index (χ1v) is 6.57. The van der Waals surface area contributed by atoms with Crippen LogP contribution in [0, 0.1) is 5.92 Å². The van der Waals surface area contributed by atoms with Crippen molar-refractivity contribution < 1.29 is 4.74 Å². The molecule has 0 amide bonds. The molecule has 4 nitrogen and oxygen atoms in total. The zero-order valence-electron chi connectivity index (χ0n) is 11.6. The number of thiocarbonyl (C=S) groups is 1. The van der Waals surface area contributed by atoms with Crippen LogP contribution in [-0.4, -0.2) is 67.9 Å². The molecule has 5 heteroatoms. The van der Waals surface area contributed by atoms with Crippen LogP contribution >= 0.6 is 12.2 Å². The van der Waals surface area contributed by atoms with E-state index in [2.05, 4.69) is 43.1 Å². The number of nitrogens with one attached hydrogen (secondary N) is 1. The Morgan fingerprint density at radius 3 is 2.65 bits per heavy atom. The molecule has 1 aliphatic heterocycles. The highest BCUT2D eigenvalue weighted by Crippen LogP contribution is 2.19. The van der Waals surface area contributed by atoms with Gasteiger partial charge < -0.3 is 19.9 Å². The number of hydrogen-bond donors (Lipinski definition) is 1. The number of likely N-dealkylation sites (tertiary alicyclic amines) is 1. The van der Waals surface area contributed by atoms with Crippen molar-refractivity contribution >= 4 is 17.3 Å². The third-order valence-corrected chi connectivity index (χ3v) is 3.69. The maximum atomic E-state index is 5.44. The van der Waals surface area contributed by atoms with Gasteiger partial charge in [-0.25, -0.2) is 0 Å². The van der Waals surface area contributed by atoms with E-state index in [1.807, 2.05) is 0 Å². The van der Waals surface area contributed by atoms with Gasteiger partial charge in [0.05, 0.1) is 6.61 Å². The first-order chi connectivity index (χ1) is 7.95. The van der Waals surface area contributed by atoms with E-state index in [1.54, 1.807) is 7.11 Å². The van der Waals surface area contributed by atoms with Crippen molar-refractivity contribution in [1.29, 1.82) is 0 Å². The van der Waals surface area contributed by atoms with E-state index in [1.165, 1.54) is 0 Å². The molecule has 0 bridgehead atoms. The van der Waals surface area contributed by atoms with Crippen molar-refractivity contribution in [2.45, 2.75) is 25.9 Å². The fourth-order valence-corrected chi connectivity index (χ4v) is 2.73. The number of hydrogen-bond acceptors (Lipinski definition) is 3. The minimum atomic E-state index is 0.265. The summed E-state index contributed by atoms with van der Waals surface area (Å²) in [5.74, 6) is 0.655. The molecule has 1 rings (SSSR count). The molecular weight excluding hydrogens is 234 g/mol. The van der Waals surface area contributed by atoms with Gasteiger partial charge in [-0.15, -0.1) is 0 Å². The third kappa shape index (κ3) is 4.08. The average molecular weight is 259 g/mol. The molecule has 0 radical (unpaired) electrons. The van der Waals surface area contributed by atoms with Crippen LogP contribution in [-0.2, 0) is 4.74 Å². The molecule has 3 unspecified atom stereocenters. The molecule has 17 heavy (non-hydrogen) atoms. The van der Waals surface area contributed by atoms with Crippen LogP contribution in [0.4, 0.5) is 0 Å². The van der Waals surface area contributed by atoms with Crippen molar-refractivity contribution in [3.8, 4) is 0 Å². The van der Waals surface area contributed by atoms with E-state index in [9.17, 15) is 0 Å². The highest BCUT2D eigenvalue weighted by molar-refractivity contribution is 7.80. The second-order valence-corrected chi connectivity index (χ2v) is 5.61. The van der Waals surface area contributed by atoms with Crippen LogP contribution in [0.15, 0.2) is 0 Å². The van der Waals surface area contributed by atoms with Crippen LogP contribution in [0.5, 0.6) is 0 Å². The largest absolute Gasteiger partial charge is 0.383 e. The van der Waals surface area contributed by atoms with Gasteiger partial charge in [-0.1, -0.05) is 6.92 Å². The summed E-state index contributed by atoms with van der Waals surface area (Å²) >= 11 is 5.44. The molecule has 0 aromatic heterocycles. The average Bonchev–Trinajstić information content (AvgIpc) is 2.60. The fourth-order valence-electron chi connectivity index (χ4n) is 2.38. The molecule has 3 atom stereocenters. The van der Waals surface area contributed by atoms with E-state index >= 15 is 0 Å². The highest BCUT2D eigenvalue weighted by Gasteiger charge is 2.32. The van der Waals surface area contributed by atoms with E-state index in [-0.39, 0.29) is 6.04 Å². The quantitative estimate of drug-likeness (QED) is 0.753. The van der Waals surface area contributed by atoms with Crippen molar-refractivity contribution in [2.24, 2.45) is 5.92 Å². The van der Waals surface area contributed by atoms with Gasteiger partial charge in [-0.05, 0) is 39.2 Å². The Hall–Kier alpha value is -0.390. The van der Waals surface area contributed by atoms with Gasteiger partial charge >= 0.3 is 0 Å². The number of methoxy groups -OCH3 is 1. The second-order valence-electron chi connectivity index (χ2n) is 5.22. The van der Waals surface area contributed by atoms with Crippen molar-refractivity contribution in [2.75, 3.05) is 40.9 Å². The zero-order valence-corrected chi connectivity index (χ0v) is 12.4. The normalized spacial score (nSPS) is 26.4. The van der Waals surface area contributed by atoms with Gasteiger partial charge in [0, 0.05) is 32.3 Å². The Morgan fingerprint density at radius 1 is 1.53 bits per heavy atom. The summed E-state index contributed by atoms with van der Waals surface area (Å²) in [6.07, 6.45) is 0. The van der Waals surface area contributed by atoms with E-state index in [0.29, 0.717) is 18.6 Å². The molecule has 0 aliphatic carbocycles. The topological polar surface area (TPSA) is 27.7 Å². The van der Waals surface area contributed by atoms with E-state index in [4.69, 9.17) is 17.0 Å². The predicted molar refractivity (Wildman–Crippen MR) is 75.3 cm³/mol. The predicted octanol–water partition coefficient (Wildman–Crippen LogP) is 0.778. The van der Waals surface area contributed by atoms with Crippen LogP contribution in [0.1, 0.15) is 13.8 Å². The van der Waals surface area contributed by atoms with Crippen molar-refractivity contribution in [3.63, 3.8) is 0 Å². The molecular formula is C12H25N3OS. The summed E-state index contributed by atoms with van der Waals surface area (Å²) in [5, 5.41) is 4.17. The minimum absolute atomic E-state index is 0.265. The number of likely N-dealkylation sites (N-methyl/N-ethyl adjacent to an activating group) is 1. The highest BCUT2D eigenvalue weighted by atomic mass is 32.1. The van der Waals surface area contributed by atoms with Gasteiger partial charge in [-0.3, -0.25) is 0 Å². The molecule has 1 fully saturated rings. The lowest BCUT2D eigenvalue weighted by atomic mass is 10.1. The molecule has 1 N–H and O–H groups in total. The molecule has 0 aromatic rings. The number of rotatable bonds is 4. The zero-order chi connectivity index (χ0) is 13.0. The maximum Gasteiger partial charge on any atom is 0.169 e. The SMILES string of the molecule is COCC(C)NC(=S)N1CC(C)C(N(C)C)C1. The summed E-state index contributed by atoms with van der Waals surface area (Å²) in [5.41, 5.74) is 0. The van der Waals surface area contributed by atoms with Crippen molar-refractivity contribution in [1.82, 2.24) is 15.1 Å². The van der Waals surface area contributed by atoms with Crippen LogP contribution in [0.2, 0.25) is 0 Å². The van der Waals surface area contributed by atoms with E-state index in [0.717, 1.165) is 18.2 Å². The first-order valence-electron chi connectivity index (χ1n) is 6.16. The third-order valence-electron chi connectivity index (χ3n) is 3.31. The van der Waals surface area contributed by atoms with E-state index < -0.39 is 0 Å². The van der Waals surface area contributed by atoms with Gasteiger partial charge in [0.1, 0.15) is 0 Å². The Bertz CT molecular complexity index is 260. The summed E-state index contributed by atoms with van der Waals surface area (Å²) in [6, 6.07) is 0.855. The summed E-state index contributed by atoms with van der Waals surface area (Å²) in [7, 11) is 5.98. The van der Waals surface area contributed by atoms with Crippen molar-refractivity contribution in [3.05, 3.63) is 0 Å². The molecule has 1 aliphatic rings. The smallest absolute Gasteiger partial charge is 0.169 e. The molecule has 1 saturated heterocycles.